The van der Waals surface area contributed by atoms with Gasteiger partial charge in [0.15, 0.2) is 0 Å². The lowest BCUT2D eigenvalue weighted by Gasteiger charge is -2.12. The summed E-state index contributed by atoms with van der Waals surface area (Å²) < 4.78 is 0. The molecule has 8 heteroatoms. The summed E-state index contributed by atoms with van der Waals surface area (Å²) in [6, 6.07) is 13.2. The number of hydrogen-bond donors (Lipinski definition) is 2. The Bertz CT molecular complexity index is 830. The van der Waals surface area contributed by atoms with Gasteiger partial charge in [0.25, 0.3) is 0 Å². The number of hydrogen-bond acceptors (Lipinski definition) is 7. The predicted octanol–water partition coefficient (Wildman–Crippen LogP) is 4.10. The number of nitrogens with one attached hydrogen (secondary N) is 1. The molecular weight excluding hydrogens is 344 g/mol. The van der Waals surface area contributed by atoms with Gasteiger partial charge in [-0.25, -0.2) is 4.98 Å². The van der Waals surface area contributed by atoms with Crippen LogP contribution in [0.2, 0.25) is 5.02 Å². The number of nitrogens with two attached hydrogens (primary N) is 1. The number of anilines is 3. The summed E-state index contributed by atoms with van der Waals surface area (Å²) in [6.45, 7) is 1.97. The second-order valence-corrected chi connectivity index (χ2v) is 6.65. The third-order valence-corrected chi connectivity index (χ3v) is 4.61. The van der Waals surface area contributed by atoms with Gasteiger partial charge in [-0.15, -0.1) is 0 Å². The molecule has 122 valence electrons. The third kappa shape index (κ3) is 4.12. The minimum Gasteiger partial charge on any atom is -0.368 e. The lowest BCUT2D eigenvalue weighted by molar-refractivity contribution is 0.893. The fourth-order valence-corrected chi connectivity index (χ4v) is 3.08. The highest BCUT2D eigenvalue weighted by Gasteiger charge is 2.16. The highest BCUT2D eigenvalue weighted by molar-refractivity contribution is 7.99. The summed E-state index contributed by atoms with van der Waals surface area (Å²) in [4.78, 5) is 17.1. The van der Waals surface area contributed by atoms with Gasteiger partial charge in [0.2, 0.25) is 11.9 Å². The Balaban J connectivity index is 1.81. The van der Waals surface area contributed by atoms with Crippen molar-refractivity contribution in [3.63, 3.8) is 0 Å². The molecule has 0 aliphatic heterocycles. The zero-order chi connectivity index (χ0) is 16.9. The summed E-state index contributed by atoms with van der Waals surface area (Å²) in [6.07, 6.45) is 1.70. The average molecular weight is 359 g/mol. The normalized spacial score (nSPS) is 11.9. The van der Waals surface area contributed by atoms with E-state index < -0.39 is 0 Å². The highest BCUT2D eigenvalue weighted by atomic mass is 35.5. The van der Waals surface area contributed by atoms with Crippen molar-refractivity contribution in [3.05, 3.63) is 59.5 Å². The van der Waals surface area contributed by atoms with E-state index in [1.807, 2.05) is 37.3 Å². The minimum absolute atomic E-state index is 0.0842. The lowest BCUT2D eigenvalue weighted by Crippen LogP contribution is -2.08. The van der Waals surface area contributed by atoms with E-state index in [2.05, 4.69) is 25.3 Å². The number of rotatable bonds is 5. The van der Waals surface area contributed by atoms with Gasteiger partial charge in [0, 0.05) is 11.9 Å². The molecule has 1 aromatic carbocycles. The van der Waals surface area contributed by atoms with Gasteiger partial charge in [-0.3, -0.25) is 0 Å². The van der Waals surface area contributed by atoms with E-state index in [9.17, 15) is 0 Å². The molecule has 6 nitrogen and oxygen atoms in total. The van der Waals surface area contributed by atoms with E-state index in [1.165, 1.54) is 11.8 Å². The number of nitrogens with zero attached hydrogens (tertiary/aromatic N) is 4. The maximum absolute atomic E-state index is 6.15. The Morgan fingerprint density at radius 1 is 1.08 bits per heavy atom. The van der Waals surface area contributed by atoms with Crippen molar-refractivity contribution in [2.24, 2.45) is 0 Å². The molecule has 2 aromatic heterocycles. The Labute approximate surface area is 148 Å². The molecule has 0 saturated heterocycles. The fraction of sp³-hybridized carbons (Fsp3) is 0.125. The molecule has 1 atom stereocenters. The number of halogens is 1. The second kappa shape index (κ2) is 7.46. The van der Waals surface area contributed by atoms with Gasteiger partial charge < -0.3 is 11.1 Å². The predicted molar refractivity (Wildman–Crippen MR) is 97.5 cm³/mol. The highest BCUT2D eigenvalue weighted by Crippen LogP contribution is 2.35. The van der Waals surface area contributed by atoms with Crippen molar-refractivity contribution in [1.29, 1.82) is 0 Å². The Hall–Kier alpha value is -2.38. The molecule has 0 bridgehead atoms. The van der Waals surface area contributed by atoms with Crippen LogP contribution in [0.4, 0.5) is 17.6 Å². The van der Waals surface area contributed by atoms with Crippen LogP contribution in [0.5, 0.6) is 0 Å². The third-order valence-electron chi connectivity index (χ3n) is 3.08. The quantitative estimate of drug-likeness (QED) is 0.663. The van der Waals surface area contributed by atoms with E-state index in [0.717, 1.165) is 10.7 Å². The van der Waals surface area contributed by atoms with Gasteiger partial charge >= 0.3 is 0 Å². The van der Waals surface area contributed by atoms with Crippen LogP contribution in [0.1, 0.15) is 18.0 Å². The van der Waals surface area contributed by atoms with Crippen LogP contribution in [0.25, 0.3) is 0 Å². The molecule has 0 saturated carbocycles. The fourth-order valence-electron chi connectivity index (χ4n) is 1.98. The first kappa shape index (κ1) is 16.5. The summed E-state index contributed by atoms with van der Waals surface area (Å²) >= 11 is 7.62. The van der Waals surface area contributed by atoms with Crippen molar-refractivity contribution >= 4 is 40.9 Å². The molecule has 0 fully saturated rings. The molecule has 0 aliphatic rings. The molecule has 3 aromatic rings. The number of benzene rings is 1. The molecule has 0 amide bonds. The van der Waals surface area contributed by atoms with Gasteiger partial charge in [-0.2, -0.15) is 15.0 Å². The van der Waals surface area contributed by atoms with Crippen LogP contribution < -0.4 is 11.1 Å². The van der Waals surface area contributed by atoms with E-state index in [0.29, 0.717) is 16.8 Å². The SMILES string of the molecule is CC(Sc1ncccc1Cl)c1nc(N)nc(Nc2ccccc2)n1. The summed E-state index contributed by atoms with van der Waals surface area (Å²) in [5.74, 6) is 1.13. The Kier molecular flexibility index (Phi) is 5.12. The number of aromatic nitrogens is 4. The van der Waals surface area contributed by atoms with Gasteiger partial charge in [0.1, 0.15) is 10.9 Å². The van der Waals surface area contributed by atoms with E-state index in [-0.39, 0.29) is 11.2 Å². The molecule has 2 heterocycles. The van der Waals surface area contributed by atoms with Crippen LogP contribution in [0, 0.1) is 0 Å². The van der Waals surface area contributed by atoms with Gasteiger partial charge in [-0.1, -0.05) is 41.6 Å². The Morgan fingerprint density at radius 3 is 2.62 bits per heavy atom. The molecule has 3 N–H and O–H groups in total. The molecular formula is C16H15ClN6S. The maximum atomic E-state index is 6.15. The van der Waals surface area contributed by atoms with Crippen molar-refractivity contribution in [1.82, 2.24) is 19.9 Å². The molecule has 3 rings (SSSR count). The zero-order valence-electron chi connectivity index (χ0n) is 12.8. The second-order valence-electron chi connectivity index (χ2n) is 4.92. The number of para-hydroxylation sites is 1. The Morgan fingerprint density at radius 2 is 1.88 bits per heavy atom. The van der Waals surface area contributed by atoms with E-state index in [1.54, 1.807) is 18.3 Å². The monoisotopic (exact) mass is 358 g/mol. The van der Waals surface area contributed by atoms with Crippen LogP contribution in [0.15, 0.2) is 53.7 Å². The topological polar surface area (TPSA) is 89.6 Å². The van der Waals surface area contributed by atoms with E-state index >= 15 is 0 Å². The first-order valence-corrected chi connectivity index (χ1v) is 8.48. The standard InChI is InChI=1S/C16H15ClN6S/c1-10(24-14-12(17)8-5-9-19-14)13-21-15(18)23-16(22-13)20-11-6-3-2-4-7-11/h2-10H,1H3,(H3,18,20,21,22,23). The van der Waals surface area contributed by atoms with E-state index in [4.69, 9.17) is 17.3 Å². The number of pyridine rings is 1. The van der Waals surface area contributed by atoms with Crippen LogP contribution >= 0.6 is 23.4 Å². The summed E-state index contributed by atoms with van der Waals surface area (Å²) in [7, 11) is 0. The van der Waals surface area contributed by atoms with Crippen LogP contribution in [0.3, 0.4) is 0 Å². The summed E-state index contributed by atoms with van der Waals surface area (Å²) in [5, 5.41) is 4.36. The largest absolute Gasteiger partial charge is 0.368 e. The van der Waals surface area contributed by atoms with Crippen molar-refractivity contribution < 1.29 is 0 Å². The maximum Gasteiger partial charge on any atom is 0.232 e. The van der Waals surface area contributed by atoms with Gasteiger partial charge in [0.05, 0.1) is 10.3 Å². The van der Waals surface area contributed by atoms with Crippen LogP contribution in [-0.4, -0.2) is 19.9 Å². The summed E-state index contributed by atoms with van der Waals surface area (Å²) in [5.41, 5.74) is 6.70. The first-order valence-electron chi connectivity index (χ1n) is 7.22. The van der Waals surface area contributed by atoms with Gasteiger partial charge in [-0.05, 0) is 31.2 Å². The molecule has 24 heavy (non-hydrogen) atoms. The number of nitrogen functional groups attached to an aromatic ring is 1. The smallest absolute Gasteiger partial charge is 0.232 e. The van der Waals surface area contributed by atoms with Crippen LogP contribution in [-0.2, 0) is 0 Å². The average Bonchev–Trinajstić information content (AvgIpc) is 2.57. The molecule has 0 radical (unpaired) electrons. The van der Waals surface area contributed by atoms with Crippen molar-refractivity contribution in [2.75, 3.05) is 11.1 Å². The molecule has 0 spiro atoms. The molecule has 1 unspecified atom stereocenters. The molecule has 0 aliphatic carbocycles. The lowest BCUT2D eigenvalue weighted by atomic mass is 10.3. The van der Waals surface area contributed by atoms with Crippen molar-refractivity contribution in [3.8, 4) is 0 Å². The van der Waals surface area contributed by atoms with Crippen molar-refractivity contribution in [2.45, 2.75) is 17.2 Å². The number of thioether (sulfide) groups is 1. The zero-order valence-corrected chi connectivity index (χ0v) is 14.4. The first-order chi connectivity index (χ1) is 11.6. The minimum atomic E-state index is -0.0842.